The topological polar surface area (TPSA) is 90.3 Å². The number of carbonyl (C=O) groups is 1. The van der Waals surface area contributed by atoms with Gasteiger partial charge < -0.3 is 9.30 Å². The van der Waals surface area contributed by atoms with E-state index in [4.69, 9.17) is 16.3 Å². The maximum Gasteiger partial charge on any atom is 0.420 e. The van der Waals surface area contributed by atoms with Gasteiger partial charge >= 0.3 is 6.09 Å². The second-order valence-electron chi connectivity index (χ2n) is 8.28. The monoisotopic (exact) mass is 493 g/mol. The van der Waals surface area contributed by atoms with Gasteiger partial charge in [-0.3, -0.25) is 5.32 Å². The van der Waals surface area contributed by atoms with Gasteiger partial charge in [-0.05, 0) is 48.4 Å². The van der Waals surface area contributed by atoms with Crippen molar-refractivity contribution in [2.45, 2.75) is 49.8 Å². The number of ether oxygens (including phenoxy) is 1. The Morgan fingerprint density at radius 1 is 1.28 bits per heavy atom. The molecule has 10 heteroatoms. The quantitative estimate of drug-likeness (QED) is 0.454. The van der Waals surface area contributed by atoms with Crippen LogP contribution in [0.1, 0.15) is 37.8 Å². The van der Waals surface area contributed by atoms with Crippen LogP contribution in [0.3, 0.4) is 0 Å². The number of halogens is 1. The fraction of sp³-hybridized carbons (Fsp3) is 0.364. The van der Waals surface area contributed by atoms with Gasteiger partial charge in [0, 0.05) is 12.3 Å². The molecule has 1 N–H and O–H groups in total. The van der Waals surface area contributed by atoms with Crippen molar-refractivity contribution in [1.29, 1.82) is 0 Å². The van der Waals surface area contributed by atoms with Crippen molar-refractivity contribution >= 4 is 44.0 Å². The number of nitrogens with one attached hydrogen (secondary N) is 1. The lowest BCUT2D eigenvalue weighted by molar-refractivity contribution is 0.211. The standard InChI is InChI=1S/C22H24ClN3O4S2/c1-14(2)9-16-10-20(30-22(27)25-21-24-11-19(23)31-21)26(13-16)12-15-3-5-17(6-4-15)32(28,29)18-7-8-18/h3-6,10-11,13-14,18H,7-9,12H2,1-2H3,(H,24,25,27). The lowest BCUT2D eigenvalue weighted by atomic mass is 10.1. The molecule has 1 fully saturated rings. The van der Waals surface area contributed by atoms with E-state index in [1.807, 2.05) is 16.8 Å². The summed E-state index contributed by atoms with van der Waals surface area (Å²) in [6, 6.07) is 8.76. The van der Waals surface area contributed by atoms with Crippen molar-refractivity contribution < 1.29 is 17.9 Å². The Morgan fingerprint density at radius 2 is 2.00 bits per heavy atom. The summed E-state index contributed by atoms with van der Waals surface area (Å²) in [5.74, 6) is 0.840. The van der Waals surface area contributed by atoms with Gasteiger partial charge in [0.25, 0.3) is 0 Å². The molecular weight excluding hydrogens is 470 g/mol. The summed E-state index contributed by atoms with van der Waals surface area (Å²) >= 11 is 7.00. The van der Waals surface area contributed by atoms with E-state index >= 15 is 0 Å². The minimum atomic E-state index is -3.22. The van der Waals surface area contributed by atoms with Crippen molar-refractivity contribution in [3.63, 3.8) is 0 Å². The van der Waals surface area contributed by atoms with Crippen LogP contribution in [0.2, 0.25) is 4.34 Å². The molecular formula is C22H24ClN3O4S2. The number of rotatable bonds is 8. The Morgan fingerprint density at radius 3 is 2.59 bits per heavy atom. The SMILES string of the molecule is CC(C)Cc1cc(OC(=O)Nc2ncc(Cl)s2)n(Cc2ccc(S(=O)(=O)C3CC3)cc2)c1. The van der Waals surface area contributed by atoms with Gasteiger partial charge in [0.05, 0.1) is 22.9 Å². The highest BCUT2D eigenvalue weighted by molar-refractivity contribution is 7.92. The molecule has 1 saturated carbocycles. The number of thiazole rings is 1. The number of sulfone groups is 1. The number of amides is 1. The largest absolute Gasteiger partial charge is 0.420 e. The van der Waals surface area contributed by atoms with Gasteiger partial charge in [-0.15, -0.1) is 0 Å². The molecule has 0 spiro atoms. The van der Waals surface area contributed by atoms with Gasteiger partial charge in [-0.2, -0.15) is 0 Å². The Labute approximate surface area is 196 Å². The third-order valence-electron chi connectivity index (χ3n) is 5.01. The predicted octanol–water partition coefficient (Wildman–Crippen LogP) is 5.39. The van der Waals surface area contributed by atoms with Crippen LogP contribution in [-0.2, 0) is 22.8 Å². The maximum absolute atomic E-state index is 12.4. The second kappa shape index (κ2) is 9.25. The molecule has 4 rings (SSSR count). The van der Waals surface area contributed by atoms with Crippen LogP contribution in [0.25, 0.3) is 0 Å². The summed E-state index contributed by atoms with van der Waals surface area (Å²) in [7, 11) is -3.22. The number of nitrogens with zero attached hydrogens (tertiary/aromatic N) is 2. The highest BCUT2D eigenvalue weighted by atomic mass is 35.5. The number of anilines is 1. The predicted molar refractivity (Wildman–Crippen MR) is 125 cm³/mol. The van der Waals surface area contributed by atoms with E-state index in [1.54, 1.807) is 24.3 Å². The number of hydrogen-bond donors (Lipinski definition) is 1. The average molecular weight is 494 g/mol. The van der Waals surface area contributed by atoms with Crippen molar-refractivity contribution in [2.24, 2.45) is 5.92 Å². The molecule has 0 unspecified atom stereocenters. The summed E-state index contributed by atoms with van der Waals surface area (Å²) < 4.78 is 32.7. The van der Waals surface area contributed by atoms with Crippen LogP contribution in [0.15, 0.2) is 47.6 Å². The van der Waals surface area contributed by atoms with E-state index in [-0.39, 0.29) is 5.25 Å². The Hall–Kier alpha value is -2.36. The molecule has 2 heterocycles. The minimum absolute atomic E-state index is 0.234. The Bertz CT molecular complexity index is 1210. The van der Waals surface area contributed by atoms with Crippen LogP contribution >= 0.6 is 22.9 Å². The molecule has 1 amide bonds. The molecule has 2 aromatic heterocycles. The van der Waals surface area contributed by atoms with E-state index in [0.717, 1.165) is 41.7 Å². The second-order valence-corrected chi connectivity index (χ2v) is 12.2. The molecule has 0 saturated heterocycles. The van der Waals surface area contributed by atoms with E-state index in [9.17, 15) is 13.2 Å². The Balaban J connectivity index is 1.51. The molecule has 1 aliphatic carbocycles. The fourth-order valence-electron chi connectivity index (χ4n) is 3.41. The molecule has 0 radical (unpaired) electrons. The van der Waals surface area contributed by atoms with Crippen LogP contribution in [0, 0.1) is 5.92 Å². The summed E-state index contributed by atoms with van der Waals surface area (Å²) in [5.41, 5.74) is 1.96. The van der Waals surface area contributed by atoms with Crippen LogP contribution in [0.5, 0.6) is 5.88 Å². The van der Waals surface area contributed by atoms with Crippen molar-refractivity contribution in [2.75, 3.05) is 5.32 Å². The zero-order valence-electron chi connectivity index (χ0n) is 17.7. The highest BCUT2D eigenvalue weighted by Gasteiger charge is 2.36. The van der Waals surface area contributed by atoms with E-state index in [2.05, 4.69) is 24.1 Å². The zero-order chi connectivity index (χ0) is 22.9. The molecule has 0 atom stereocenters. The van der Waals surface area contributed by atoms with Gasteiger partial charge in [0.2, 0.25) is 5.88 Å². The third-order valence-corrected chi connectivity index (χ3v) is 8.32. The zero-order valence-corrected chi connectivity index (χ0v) is 20.1. The smallest absolute Gasteiger partial charge is 0.393 e. The van der Waals surface area contributed by atoms with E-state index < -0.39 is 15.9 Å². The molecule has 7 nitrogen and oxygen atoms in total. The third kappa shape index (κ3) is 5.51. The molecule has 1 aliphatic rings. The maximum atomic E-state index is 12.4. The molecule has 1 aromatic carbocycles. The normalized spacial score (nSPS) is 14.0. The number of aromatic nitrogens is 2. The van der Waals surface area contributed by atoms with Gasteiger partial charge in [0.1, 0.15) is 4.34 Å². The molecule has 32 heavy (non-hydrogen) atoms. The summed E-state index contributed by atoms with van der Waals surface area (Å²) in [6.07, 6.45) is 5.07. The van der Waals surface area contributed by atoms with E-state index in [1.165, 1.54) is 6.20 Å². The van der Waals surface area contributed by atoms with Crippen LogP contribution < -0.4 is 10.1 Å². The summed E-state index contributed by atoms with van der Waals surface area (Å²) in [6.45, 7) is 4.68. The minimum Gasteiger partial charge on any atom is -0.393 e. The molecule has 0 aliphatic heterocycles. The van der Waals surface area contributed by atoms with Gasteiger partial charge in [0.15, 0.2) is 15.0 Å². The first-order valence-electron chi connectivity index (χ1n) is 10.3. The van der Waals surface area contributed by atoms with E-state index in [0.29, 0.717) is 32.7 Å². The number of hydrogen-bond acceptors (Lipinski definition) is 6. The van der Waals surface area contributed by atoms with Crippen molar-refractivity contribution in [3.8, 4) is 5.88 Å². The lowest BCUT2D eigenvalue weighted by Gasteiger charge is -2.10. The summed E-state index contributed by atoms with van der Waals surface area (Å²) in [4.78, 5) is 16.7. The van der Waals surface area contributed by atoms with Gasteiger partial charge in [-0.25, -0.2) is 18.2 Å². The van der Waals surface area contributed by atoms with Crippen LogP contribution in [0.4, 0.5) is 9.93 Å². The molecule has 170 valence electrons. The average Bonchev–Trinajstić information content (AvgIpc) is 3.42. The number of benzene rings is 1. The number of carbonyl (C=O) groups excluding carboxylic acids is 1. The lowest BCUT2D eigenvalue weighted by Crippen LogP contribution is -2.18. The van der Waals surface area contributed by atoms with Crippen LogP contribution in [-0.4, -0.2) is 29.3 Å². The first kappa shape index (κ1) is 22.8. The van der Waals surface area contributed by atoms with Crippen molar-refractivity contribution in [3.05, 3.63) is 58.2 Å². The van der Waals surface area contributed by atoms with Crippen molar-refractivity contribution in [1.82, 2.24) is 9.55 Å². The first-order chi connectivity index (χ1) is 15.2. The highest BCUT2D eigenvalue weighted by Crippen LogP contribution is 2.33. The molecule has 3 aromatic rings. The first-order valence-corrected chi connectivity index (χ1v) is 13.1. The van der Waals surface area contributed by atoms with Gasteiger partial charge in [-0.1, -0.05) is 48.9 Å². The summed E-state index contributed by atoms with van der Waals surface area (Å²) in [5, 5.41) is 2.70. The fourth-order valence-corrected chi connectivity index (χ4v) is 5.86. The Kier molecular flexibility index (Phi) is 6.60. The molecule has 0 bridgehead atoms.